The third-order valence-corrected chi connectivity index (χ3v) is 4.08. The third kappa shape index (κ3) is 2.99. The standard InChI is InChI=1S/C18H13ClN4O2/c1-10-6-7-14-12(8-10)16(24)23-17-15(21-14)22-18(25-17)20-9-11-4-2-3-5-13(11)19/h2-9,21H,1H3,(H,23,24). The van der Waals surface area contributed by atoms with Crippen LogP contribution in [0.5, 0.6) is 0 Å². The summed E-state index contributed by atoms with van der Waals surface area (Å²) in [7, 11) is 0. The van der Waals surface area contributed by atoms with Crippen LogP contribution in [0.2, 0.25) is 5.02 Å². The predicted molar refractivity (Wildman–Crippen MR) is 97.6 cm³/mol. The lowest BCUT2D eigenvalue weighted by atomic mass is 10.1. The van der Waals surface area contributed by atoms with Crippen LogP contribution in [-0.4, -0.2) is 17.1 Å². The van der Waals surface area contributed by atoms with Gasteiger partial charge in [-0.2, -0.15) is 4.98 Å². The highest BCUT2D eigenvalue weighted by Gasteiger charge is 2.23. The fourth-order valence-electron chi connectivity index (χ4n) is 2.49. The minimum absolute atomic E-state index is 0.119. The summed E-state index contributed by atoms with van der Waals surface area (Å²) in [5, 5.41) is 6.39. The number of nitrogens with zero attached hydrogens (tertiary/aromatic N) is 2. The second-order valence-electron chi connectivity index (χ2n) is 5.58. The molecular weight excluding hydrogens is 340 g/mol. The minimum atomic E-state index is -0.261. The number of carbonyl (C=O) groups excluding carboxylic acids is 1. The van der Waals surface area contributed by atoms with Crippen LogP contribution in [-0.2, 0) is 0 Å². The van der Waals surface area contributed by atoms with E-state index in [1.54, 1.807) is 18.3 Å². The van der Waals surface area contributed by atoms with Crippen molar-refractivity contribution in [3.8, 4) is 0 Å². The summed E-state index contributed by atoms with van der Waals surface area (Å²) in [5.41, 5.74) is 2.94. The number of hydrogen-bond donors (Lipinski definition) is 2. The Kier molecular flexibility index (Phi) is 3.74. The molecular formula is C18H13ClN4O2. The van der Waals surface area contributed by atoms with E-state index < -0.39 is 0 Å². The molecule has 3 aromatic rings. The van der Waals surface area contributed by atoms with Gasteiger partial charge in [-0.1, -0.05) is 41.4 Å². The van der Waals surface area contributed by atoms with Crippen molar-refractivity contribution < 1.29 is 9.21 Å². The van der Waals surface area contributed by atoms with Crippen LogP contribution in [0.3, 0.4) is 0 Å². The van der Waals surface area contributed by atoms with E-state index in [1.807, 2.05) is 37.3 Å². The van der Waals surface area contributed by atoms with E-state index in [0.717, 1.165) is 11.1 Å². The molecule has 0 saturated carbocycles. The highest BCUT2D eigenvalue weighted by Crippen LogP contribution is 2.34. The number of halogens is 1. The van der Waals surface area contributed by atoms with Gasteiger partial charge in [0.2, 0.25) is 5.88 Å². The maximum atomic E-state index is 12.4. The lowest BCUT2D eigenvalue weighted by Gasteiger charge is -2.05. The zero-order chi connectivity index (χ0) is 17.4. The summed E-state index contributed by atoms with van der Waals surface area (Å²) >= 11 is 6.09. The van der Waals surface area contributed by atoms with Gasteiger partial charge in [0.25, 0.3) is 5.91 Å². The SMILES string of the molecule is Cc1ccc2c(c1)C(=O)Nc1oc(N=Cc3ccccc3Cl)nc1N2. The monoisotopic (exact) mass is 352 g/mol. The van der Waals surface area contributed by atoms with Crippen molar-refractivity contribution in [2.45, 2.75) is 6.92 Å². The van der Waals surface area contributed by atoms with Crippen molar-refractivity contribution in [1.82, 2.24) is 4.98 Å². The lowest BCUT2D eigenvalue weighted by molar-refractivity contribution is 0.102. The van der Waals surface area contributed by atoms with E-state index >= 15 is 0 Å². The van der Waals surface area contributed by atoms with Gasteiger partial charge in [0, 0.05) is 16.8 Å². The maximum absolute atomic E-state index is 12.4. The molecule has 4 rings (SSSR count). The first-order valence-corrected chi connectivity index (χ1v) is 7.96. The molecule has 7 heteroatoms. The Morgan fingerprint density at radius 2 is 2.04 bits per heavy atom. The molecule has 0 spiro atoms. The summed E-state index contributed by atoms with van der Waals surface area (Å²) in [6, 6.07) is 13.0. The number of anilines is 3. The molecule has 0 radical (unpaired) electrons. The Balaban J connectivity index is 1.66. The van der Waals surface area contributed by atoms with E-state index in [1.165, 1.54) is 0 Å². The number of aryl methyl sites for hydroxylation is 1. The first-order chi connectivity index (χ1) is 12.1. The van der Waals surface area contributed by atoms with Gasteiger partial charge in [0.05, 0.1) is 11.3 Å². The molecule has 0 saturated heterocycles. The summed E-state index contributed by atoms with van der Waals surface area (Å²) in [6.07, 6.45) is 1.56. The zero-order valence-electron chi connectivity index (χ0n) is 13.2. The van der Waals surface area contributed by atoms with Crippen molar-refractivity contribution in [3.05, 3.63) is 64.2 Å². The molecule has 1 aromatic heterocycles. The third-order valence-electron chi connectivity index (χ3n) is 3.73. The van der Waals surface area contributed by atoms with Crippen molar-refractivity contribution in [1.29, 1.82) is 0 Å². The Bertz CT molecular complexity index is 1010. The van der Waals surface area contributed by atoms with Gasteiger partial charge in [-0.05, 0) is 25.1 Å². The molecule has 2 N–H and O–H groups in total. The van der Waals surface area contributed by atoms with Crippen LogP contribution >= 0.6 is 11.6 Å². The summed E-state index contributed by atoms with van der Waals surface area (Å²) < 4.78 is 5.53. The summed E-state index contributed by atoms with van der Waals surface area (Å²) in [5.74, 6) is 0.371. The second kappa shape index (κ2) is 6.07. The van der Waals surface area contributed by atoms with Crippen molar-refractivity contribution in [2.75, 3.05) is 10.6 Å². The van der Waals surface area contributed by atoms with E-state index in [2.05, 4.69) is 20.6 Å². The largest absolute Gasteiger partial charge is 0.403 e. The van der Waals surface area contributed by atoms with Crippen LogP contribution in [0.15, 0.2) is 51.9 Å². The van der Waals surface area contributed by atoms with Crippen LogP contribution < -0.4 is 10.6 Å². The summed E-state index contributed by atoms with van der Waals surface area (Å²) in [6.45, 7) is 1.93. The van der Waals surface area contributed by atoms with Gasteiger partial charge in [-0.3, -0.25) is 10.1 Å². The maximum Gasteiger partial charge on any atom is 0.325 e. The predicted octanol–water partition coefficient (Wildman–Crippen LogP) is 4.70. The number of oxazole rings is 1. The molecule has 1 aliphatic rings. The molecule has 2 aromatic carbocycles. The second-order valence-corrected chi connectivity index (χ2v) is 5.99. The van der Waals surface area contributed by atoms with Crippen LogP contribution in [0.1, 0.15) is 21.5 Å². The molecule has 0 atom stereocenters. The number of fused-ring (bicyclic) bond motifs is 2. The Morgan fingerprint density at radius 3 is 2.88 bits per heavy atom. The highest BCUT2D eigenvalue weighted by atomic mass is 35.5. The van der Waals surface area contributed by atoms with E-state index in [9.17, 15) is 4.79 Å². The number of benzene rings is 2. The number of hydrogen-bond acceptors (Lipinski definition) is 5. The molecule has 0 aliphatic carbocycles. The van der Waals surface area contributed by atoms with Crippen LogP contribution in [0, 0.1) is 6.92 Å². The molecule has 0 fully saturated rings. The van der Waals surface area contributed by atoms with Gasteiger partial charge in [-0.25, -0.2) is 4.99 Å². The Morgan fingerprint density at radius 1 is 1.20 bits per heavy atom. The number of carbonyl (C=O) groups is 1. The zero-order valence-corrected chi connectivity index (χ0v) is 14.0. The number of amides is 1. The smallest absolute Gasteiger partial charge is 0.325 e. The number of rotatable bonds is 2. The topological polar surface area (TPSA) is 79.5 Å². The molecule has 0 unspecified atom stereocenters. The number of aliphatic imine (C=N–C) groups is 1. The molecule has 1 aliphatic heterocycles. The van der Waals surface area contributed by atoms with E-state index in [-0.39, 0.29) is 17.8 Å². The summed E-state index contributed by atoms with van der Waals surface area (Å²) in [4.78, 5) is 20.8. The fourth-order valence-corrected chi connectivity index (χ4v) is 2.68. The van der Waals surface area contributed by atoms with Crippen molar-refractivity contribution in [2.24, 2.45) is 4.99 Å². The highest BCUT2D eigenvalue weighted by molar-refractivity contribution is 6.33. The lowest BCUT2D eigenvalue weighted by Crippen LogP contribution is -2.10. The van der Waals surface area contributed by atoms with Crippen molar-refractivity contribution in [3.63, 3.8) is 0 Å². The first-order valence-electron chi connectivity index (χ1n) is 7.58. The van der Waals surface area contributed by atoms with E-state index in [0.29, 0.717) is 22.1 Å². The molecule has 124 valence electrons. The molecule has 2 heterocycles. The minimum Gasteiger partial charge on any atom is -0.403 e. The quantitative estimate of drug-likeness (QED) is 0.655. The van der Waals surface area contributed by atoms with Crippen LogP contribution in [0.4, 0.5) is 23.4 Å². The normalized spacial score (nSPS) is 13.0. The molecule has 1 amide bonds. The average Bonchev–Trinajstić information content (AvgIpc) is 2.91. The van der Waals surface area contributed by atoms with Gasteiger partial charge in [-0.15, -0.1) is 0 Å². The molecule has 25 heavy (non-hydrogen) atoms. The first kappa shape index (κ1) is 15.4. The van der Waals surface area contributed by atoms with Gasteiger partial charge >= 0.3 is 6.01 Å². The molecule has 6 nitrogen and oxygen atoms in total. The van der Waals surface area contributed by atoms with Gasteiger partial charge in [0.15, 0.2) is 5.82 Å². The van der Waals surface area contributed by atoms with Crippen LogP contribution in [0.25, 0.3) is 0 Å². The number of aromatic nitrogens is 1. The Hall–Kier alpha value is -3.12. The Labute approximate surface area is 148 Å². The van der Waals surface area contributed by atoms with Gasteiger partial charge < -0.3 is 9.73 Å². The van der Waals surface area contributed by atoms with Crippen molar-refractivity contribution >= 4 is 47.1 Å². The molecule has 0 bridgehead atoms. The average molecular weight is 353 g/mol. The van der Waals surface area contributed by atoms with Gasteiger partial charge in [0.1, 0.15) is 0 Å². The number of nitrogens with one attached hydrogen (secondary N) is 2. The van der Waals surface area contributed by atoms with E-state index in [4.69, 9.17) is 16.0 Å². The fraction of sp³-hybridized carbons (Fsp3) is 0.0556.